The van der Waals surface area contributed by atoms with Gasteiger partial charge in [-0.05, 0) is 37.0 Å². The molecule has 24 heavy (non-hydrogen) atoms. The number of esters is 1. The van der Waals surface area contributed by atoms with Gasteiger partial charge in [0, 0.05) is 7.11 Å². The van der Waals surface area contributed by atoms with Crippen LogP contribution >= 0.6 is 0 Å². The summed E-state index contributed by atoms with van der Waals surface area (Å²) in [5.41, 5.74) is 0.546. The highest BCUT2D eigenvalue weighted by Crippen LogP contribution is 2.24. The number of hydrogen-bond donors (Lipinski definition) is 0. The fourth-order valence-corrected chi connectivity index (χ4v) is 2.75. The lowest BCUT2D eigenvalue weighted by molar-refractivity contribution is -0.158. The van der Waals surface area contributed by atoms with Crippen LogP contribution in [0.2, 0.25) is 0 Å². The van der Waals surface area contributed by atoms with E-state index in [-0.39, 0.29) is 24.4 Å². The number of benzene rings is 1. The molecule has 0 heterocycles. The summed E-state index contributed by atoms with van der Waals surface area (Å²) in [5, 5.41) is 0. The van der Waals surface area contributed by atoms with Crippen molar-refractivity contribution in [1.29, 1.82) is 0 Å². The second-order valence-corrected chi connectivity index (χ2v) is 5.81. The molecule has 1 saturated carbocycles. The third-order valence-corrected chi connectivity index (χ3v) is 3.88. The van der Waals surface area contributed by atoms with Crippen LogP contribution in [-0.2, 0) is 20.7 Å². The molecule has 1 aromatic rings. The SMILES string of the molecule is COC1CCCCC1OC(=O)Cc1cccc(OCC(F)(F)F)c1. The van der Waals surface area contributed by atoms with E-state index >= 15 is 0 Å². The number of carbonyl (C=O) groups excluding carboxylic acids is 1. The summed E-state index contributed by atoms with van der Waals surface area (Å²) >= 11 is 0. The number of halogens is 3. The van der Waals surface area contributed by atoms with Crippen molar-refractivity contribution >= 4 is 5.97 Å². The Kier molecular flexibility index (Phi) is 6.48. The highest BCUT2D eigenvalue weighted by Gasteiger charge is 2.29. The van der Waals surface area contributed by atoms with Crippen molar-refractivity contribution in [3.63, 3.8) is 0 Å². The normalized spacial score (nSPS) is 21.3. The molecule has 0 aromatic heterocycles. The third kappa shape index (κ3) is 6.03. The van der Waals surface area contributed by atoms with Crippen LogP contribution in [0.4, 0.5) is 13.2 Å². The summed E-state index contributed by atoms with van der Waals surface area (Å²) in [6.45, 7) is -1.36. The van der Waals surface area contributed by atoms with E-state index in [2.05, 4.69) is 4.74 Å². The van der Waals surface area contributed by atoms with Gasteiger partial charge in [-0.1, -0.05) is 18.6 Å². The van der Waals surface area contributed by atoms with Gasteiger partial charge in [-0.15, -0.1) is 0 Å². The highest BCUT2D eigenvalue weighted by molar-refractivity contribution is 5.73. The molecule has 2 rings (SSSR count). The third-order valence-electron chi connectivity index (χ3n) is 3.88. The Morgan fingerprint density at radius 3 is 2.58 bits per heavy atom. The molecule has 0 spiro atoms. The molecule has 4 nitrogen and oxygen atoms in total. The van der Waals surface area contributed by atoms with E-state index in [4.69, 9.17) is 9.47 Å². The van der Waals surface area contributed by atoms with Crippen LogP contribution in [0.15, 0.2) is 24.3 Å². The average molecular weight is 346 g/mol. The maximum atomic E-state index is 12.2. The fraction of sp³-hybridized carbons (Fsp3) is 0.588. The second-order valence-electron chi connectivity index (χ2n) is 5.81. The lowest BCUT2D eigenvalue weighted by Gasteiger charge is -2.29. The van der Waals surface area contributed by atoms with E-state index in [9.17, 15) is 18.0 Å². The molecule has 0 amide bonds. The molecule has 1 aliphatic rings. The predicted molar refractivity (Wildman–Crippen MR) is 80.8 cm³/mol. The van der Waals surface area contributed by atoms with Crippen molar-refractivity contribution in [3.05, 3.63) is 29.8 Å². The van der Waals surface area contributed by atoms with E-state index in [1.807, 2.05) is 0 Å². The average Bonchev–Trinajstić information content (AvgIpc) is 2.53. The summed E-state index contributed by atoms with van der Waals surface area (Å²) in [5.74, 6) is -0.345. The monoisotopic (exact) mass is 346 g/mol. The van der Waals surface area contributed by atoms with Crippen LogP contribution < -0.4 is 4.74 Å². The molecule has 7 heteroatoms. The Morgan fingerprint density at radius 2 is 1.92 bits per heavy atom. The Balaban J connectivity index is 1.89. The van der Waals surface area contributed by atoms with E-state index in [1.54, 1.807) is 19.2 Å². The Morgan fingerprint density at radius 1 is 1.21 bits per heavy atom. The van der Waals surface area contributed by atoms with Gasteiger partial charge in [0.2, 0.25) is 0 Å². The minimum absolute atomic E-state index is 0.0177. The van der Waals surface area contributed by atoms with Crippen LogP contribution in [-0.4, -0.2) is 38.1 Å². The molecule has 1 fully saturated rings. The summed E-state index contributed by atoms with van der Waals surface area (Å²) in [6.07, 6.45) is -1.12. The van der Waals surface area contributed by atoms with Crippen LogP contribution in [0.1, 0.15) is 31.2 Å². The first-order valence-electron chi connectivity index (χ1n) is 7.88. The van der Waals surface area contributed by atoms with Gasteiger partial charge >= 0.3 is 12.1 Å². The molecule has 2 atom stereocenters. The van der Waals surface area contributed by atoms with Crippen molar-refractivity contribution in [1.82, 2.24) is 0 Å². The molecular weight excluding hydrogens is 325 g/mol. The molecular formula is C17H21F3O4. The van der Waals surface area contributed by atoms with Gasteiger partial charge in [0.25, 0.3) is 0 Å². The second kappa shape index (κ2) is 8.37. The number of methoxy groups -OCH3 is 1. The van der Waals surface area contributed by atoms with Gasteiger partial charge in [0.05, 0.1) is 12.5 Å². The zero-order valence-corrected chi connectivity index (χ0v) is 13.5. The van der Waals surface area contributed by atoms with Gasteiger partial charge < -0.3 is 14.2 Å². The molecule has 0 N–H and O–H groups in total. The van der Waals surface area contributed by atoms with Gasteiger partial charge in [-0.3, -0.25) is 4.79 Å². The smallest absolute Gasteiger partial charge is 0.422 e. The van der Waals surface area contributed by atoms with Gasteiger partial charge in [-0.25, -0.2) is 0 Å². The topological polar surface area (TPSA) is 44.8 Å². The summed E-state index contributed by atoms with van der Waals surface area (Å²) in [6, 6.07) is 6.04. The van der Waals surface area contributed by atoms with Crippen LogP contribution in [0.3, 0.4) is 0 Å². The molecule has 0 aliphatic heterocycles. The summed E-state index contributed by atoms with van der Waals surface area (Å²) < 4.78 is 52.0. The molecule has 0 bridgehead atoms. The highest BCUT2D eigenvalue weighted by atomic mass is 19.4. The first kappa shape index (κ1) is 18.6. The molecule has 1 aliphatic carbocycles. The van der Waals surface area contributed by atoms with E-state index < -0.39 is 18.8 Å². The van der Waals surface area contributed by atoms with Crippen molar-refractivity contribution in [3.8, 4) is 5.75 Å². The molecule has 0 radical (unpaired) electrons. The molecule has 2 unspecified atom stereocenters. The largest absolute Gasteiger partial charge is 0.484 e. The molecule has 134 valence electrons. The maximum absolute atomic E-state index is 12.2. The van der Waals surface area contributed by atoms with E-state index in [1.165, 1.54) is 12.1 Å². The number of ether oxygens (including phenoxy) is 3. The lowest BCUT2D eigenvalue weighted by Crippen LogP contribution is -2.36. The van der Waals surface area contributed by atoms with Crippen LogP contribution in [0.25, 0.3) is 0 Å². The van der Waals surface area contributed by atoms with Gasteiger partial charge in [0.1, 0.15) is 11.9 Å². The number of hydrogen-bond acceptors (Lipinski definition) is 4. The summed E-state index contributed by atoms with van der Waals surface area (Å²) in [4.78, 5) is 12.1. The first-order chi connectivity index (χ1) is 11.4. The van der Waals surface area contributed by atoms with Crippen molar-refractivity contribution in [2.75, 3.05) is 13.7 Å². The zero-order chi connectivity index (χ0) is 17.6. The number of carbonyl (C=O) groups is 1. The van der Waals surface area contributed by atoms with Gasteiger partial charge in [0.15, 0.2) is 6.61 Å². The van der Waals surface area contributed by atoms with Crippen LogP contribution in [0, 0.1) is 0 Å². The van der Waals surface area contributed by atoms with E-state index in [0.717, 1.165) is 25.7 Å². The van der Waals surface area contributed by atoms with Crippen molar-refractivity contribution < 1.29 is 32.2 Å². The van der Waals surface area contributed by atoms with Crippen molar-refractivity contribution in [2.45, 2.75) is 50.5 Å². The van der Waals surface area contributed by atoms with Gasteiger partial charge in [-0.2, -0.15) is 13.2 Å². The number of rotatable bonds is 6. The zero-order valence-electron chi connectivity index (χ0n) is 13.5. The molecule has 1 aromatic carbocycles. The predicted octanol–water partition coefficient (Wildman–Crippen LogP) is 3.67. The maximum Gasteiger partial charge on any atom is 0.422 e. The Labute approximate surface area is 138 Å². The van der Waals surface area contributed by atoms with Crippen LogP contribution in [0.5, 0.6) is 5.75 Å². The van der Waals surface area contributed by atoms with Crippen molar-refractivity contribution in [2.24, 2.45) is 0 Å². The Bertz CT molecular complexity index is 545. The number of alkyl halides is 3. The van der Waals surface area contributed by atoms with E-state index in [0.29, 0.717) is 5.56 Å². The Hall–Kier alpha value is -1.76. The first-order valence-corrected chi connectivity index (χ1v) is 7.88. The minimum Gasteiger partial charge on any atom is -0.484 e. The standard InChI is InChI=1S/C17H21F3O4/c1-22-14-7-2-3-8-15(14)24-16(21)10-12-5-4-6-13(9-12)23-11-17(18,19)20/h4-6,9,14-15H,2-3,7-8,10-11H2,1H3. The molecule has 0 saturated heterocycles. The lowest BCUT2D eigenvalue weighted by atomic mass is 9.94. The minimum atomic E-state index is -4.40. The summed E-state index contributed by atoms with van der Waals surface area (Å²) in [7, 11) is 1.60. The quantitative estimate of drug-likeness (QED) is 0.737. The fourth-order valence-electron chi connectivity index (χ4n) is 2.75.